The molecule has 0 heterocycles. The zero-order chi connectivity index (χ0) is 10.8. The van der Waals surface area contributed by atoms with Crippen molar-refractivity contribution in [3.05, 3.63) is 35.1 Å². The van der Waals surface area contributed by atoms with E-state index in [-0.39, 0.29) is 16.9 Å². The highest BCUT2D eigenvalue weighted by atomic mass is 32.2. The van der Waals surface area contributed by atoms with E-state index in [0.29, 0.717) is 0 Å². The average molecular weight is 213 g/mol. The van der Waals surface area contributed by atoms with Gasteiger partial charge in [-0.1, -0.05) is 0 Å². The Hall–Kier alpha value is -1.41. The van der Waals surface area contributed by atoms with Crippen LogP contribution in [-0.4, -0.2) is 14.7 Å². The minimum atomic E-state index is -3.24. The fraction of sp³-hybridized carbons (Fsp3) is 0.222. The smallest absolute Gasteiger partial charge is 0.151 e. The molecule has 0 aromatic heterocycles. The topological polar surface area (TPSA) is 57.9 Å². The molecule has 0 N–H and O–H groups in total. The minimum absolute atomic E-state index is 0.192. The van der Waals surface area contributed by atoms with E-state index in [1.165, 1.54) is 6.07 Å². The SMILES string of the molecule is CS(=O)(=O)Cc1cc(F)ccc1C#N. The standard InChI is InChI=1S/C9H8FNO2S/c1-14(12,13)6-8-4-9(10)3-2-7(8)5-11/h2-4H,6H2,1H3. The van der Waals surface area contributed by atoms with Gasteiger partial charge in [-0.25, -0.2) is 12.8 Å². The van der Waals surface area contributed by atoms with Crippen LogP contribution in [0, 0.1) is 17.1 Å². The van der Waals surface area contributed by atoms with Crippen LogP contribution in [0.3, 0.4) is 0 Å². The lowest BCUT2D eigenvalue weighted by Crippen LogP contribution is -2.03. The Labute approximate surface area is 81.7 Å². The molecule has 0 aliphatic carbocycles. The number of nitriles is 1. The van der Waals surface area contributed by atoms with E-state index in [0.717, 1.165) is 18.4 Å². The highest BCUT2D eigenvalue weighted by Gasteiger charge is 2.09. The first-order chi connectivity index (χ1) is 6.42. The van der Waals surface area contributed by atoms with Gasteiger partial charge in [-0.3, -0.25) is 0 Å². The van der Waals surface area contributed by atoms with Gasteiger partial charge in [-0.2, -0.15) is 5.26 Å². The molecule has 0 aliphatic heterocycles. The molecule has 0 amide bonds. The molecule has 14 heavy (non-hydrogen) atoms. The third-order valence-electron chi connectivity index (χ3n) is 1.61. The van der Waals surface area contributed by atoms with E-state index in [4.69, 9.17) is 5.26 Å². The van der Waals surface area contributed by atoms with Crippen LogP contribution in [0.4, 0.5) is 4.39 Å². The second-order valence-electron chi connectivity index (χ2n) is 2.98. The number of nitrogens with zero attached hydrogens (tertiary/aromatic N) is 1. The lowest BCUT2D eigenvalue weighted by atomic mass is 10.1. The van der Waals surface area contributed by atoms with Gasteiger partial charge in [0.15, 0.2) is 9.84 Å². The summed E-state index contributed by atoms with van der Waals surface area (Å²) in [6, 6.07) is 5.29. The summed E-state index contributed by atoms with van der Waals surface area (Å²) in [6.45, 7) is 0. The van der Waals surface area contributed by atoms with Crippen molar-refractivity contribution in [2.24, 2.45) is 0 Å². The summed E-state index contributed by atoms with van der Waals surface area (Å²) in [5.41, 5.74) is 0.395. The molecule has 5 heteroatoms. The highest BCUT2D eigenvalue weighted by Crippen LogP contribution is 2.13. The van der Waals surface area contributed by atoms with Crippen LogP contribution in [-0.2, 0) is 15.6 Å². The largest absolute Gasteiger partial charge is 0.229 e. The first-order valence-corrected chi connectivity index (χ1v) is 5.84. The fourth-order valence-electron chi connectivity index (χ4n) is 1.07. The molecule has 1 rings (SSSR count). The first-order valence-electron chi connectivity index (χ1n) is 3.78. The second kappa shape index (κ2) is 3.76. The highest BCUT2D eigenvalue weighted by molar-refractivity contribution is 7.89. The predicted octanol–water partition coefficient (Wildman–Crippen LogP) is 1.24. The van der Waals surface area contributed by atoms with Gasteiger partial charge in [-0.15, -0.1) is 0 Å². The number of rotatable bonds is 2. The molecule has 0 saturated heterocycles. The molecule has 1 aromatic rings. The molecule has 0 saturated carbocycles. The van der Waals surface area contributed by atoms with Crippen molar-refractivity contribution in [2.75, 3.05) is 6.26 Å². The van der Waals surface area contributed by atoms with E-state index >= 15 is 0 Å². The molecular formula is C9H8FNO2S. The van der Waals surface area contributed by atoms with Crippen LogP contribution < -0.4 is 0 Å². The van der Waals surface area contributed by atoms with E-state index in [9.17, 15) is 12.8 Å². The Bertz CT molecular complexity index is 488. The van der Waals surface area contributed by atoms with Crippen LogP contribution >= 0.6 is 0 Å². The Kier molecular flexibility index (Phi) is 2.87. The Balaban J connectivity index is 3.20. The molecule has 0 spiro atoms. The summed E-state index contributed by atoms with van der Waals surface area (Å²) in [4.78, 5) is 0. The molecule has 0 bridgehead atoms. The maximum atomic E-state index is 12.8. The molecular weight excluding hydrogens is 205 g/mol. The van der Waals surface area contributed by atoms with E-state index in [2.05, 4.69) is 0 Å². The molecule has 1 aromatic carbocycles. The van der Waals surface area contributed by atoms with Gasteiger partial charge in [0.1, 0.15) is 5.82 Å². The molecule has 0 aliphatic rings. The number of benzene rings is 1. The van der Waals surface area contributed by atoms with Gasteiger partial charge in [0, 0.05) is 6.26 Å². The van der Waals surface area contributed by atoms with Gasteiger partial charge in [0.05, 0.1) is 17.4 Å². The van der Waals surface area contributed by atoms with Crippen molar-refractivity contribution < 1.29 is 12.8 Å². The molecule has 74 valence electrons. The summed E-state index contributed by atoms with van der Waals surface area (Å²) >= 11 is 0. The number of hydrogen-bond acceptors (Lipinski definition) is 3. The van der Waals surface area contributed by atoms with E-state index in [1.54, 1.807) is 0 Å². The number of hydrogen-bond donors (Lipinski definition) is 0. The zero-order valence-corrected chi connectivity index (χ0v) is 8.31. The maximum Gasteiger partial charge on any atom is 0.151 e. The average Bonchev–Trinajstić information content (AvgIpc) is 2.01. The molecule has 0 atom stereocenters. The monoisotopic (exact) mass is 213 g/mol. The Morgan fingerprint density at radius 2 is 2.14 bits per heavy atom. The van der Waals surface area contributed by atoms with Gasteiger partial charge in [0.2, 0.25) is 0 Å². The van der Waals surface area contributed by atoms with Crippen LogP contribution in [0.25, 0.3) is 0 Å². The normalized spacial score (nSPS) is 10.9. The summed E-state index contributed by atoms with van der Waals surface area (Å²) in [5, 5.41) is 8.64. The summed E-state index contributed by atoms with van der Waals surface area (Å²) in [6.07, 6.45) is 1.04. The van der Waals surface area contributed by atoms with Crippen molar-refractivity contribution in [1.29, 1.82) is 5.26 Å². The van der Waals surface area contributed by atoms with Crippen LogP contribution in [0.15, 0.2) is 18.2 Å². The third-order valence-corrected chi connectivity index (χ3v) is 2.44. The van der Waals surface area contributed by atoms with Gasteiger partial charge < -0.3 is 0 Å². The second-order valence-corrected chi connectivity index (χ2v) is 5.12. The molecule has 0 unspecified atom stereocenters. The van der Waals surface area contributed by atoms with Crippen molar-refractivity contribution in [2.45, 2.75) is 5.75 Å². The van der Waals surface area contributed by atoms with E-state index in [1.807, 2.05) is 6.07 Å². The lowest BCUT2D eigenvalue weighted by Gasteiger charge is -2.01. The first kappa shape index (κ1) is 10.7. The number of halogens is 1. The van der Waals surface area contributed by atoms with Gasteiger partial charge >= 0.3 is 0 Å². The fourth-order valence-corrected chi connectivity index (χ4v) is 1.88. The van der Waals surface area contributed by atoms with Gasteiger partial charge in [0.25, 0.3) is 0 Å². The predicted molar refractivity (Wildman–Crippen MR) is 49.7 cm³/mol. The molecule has 0 radical (unpaired) electrons. The Morgan fingerprint density at radius 3 is 2.64 bits per heavy atom. The quantitative estimate of drug-likeness (QED) is 0.742. The lowest BCUT2D eigenvalue weighted by molar-refractivity contribution is 0.600. The number of sulfone groups is 1. The zero-order valence-electron chi connectivity index (χ0n) is 7.49. The summed E-state index contributed by atoms with van der Waals surface area (Å²) in [5.74, 6) is -0.851. The van der Waals surface area contributed by atoms with Crippen molar-refractivity contribution >= 4 is 9.84 Å². The molecule has 3 nitrogen and oxygen atoms in total. The summed E-state index contributed by atoms with van der Waals surface area (Å²) in [7, 11) is -3.24. The van der Waals surface area contributed by atoms with Crippen molar-refractivity contribution in [1.82, 2.24) is 0 Å². The van der Waals surface area contributed by atoms with Crippen LogP contribution in [0.5, 0.6) is 0 Å². The van der Waals surface area contributed by atoms with E-state index < -0.39 is 15.7 Å². The maximum absolute atomic E-state index is 12.8. The van der Waals surface area contributed by atoms with Crippen molar-refractivity contribution in [3.8, 4) is 6.07 Å². The molecule has 0 fully saturated rings. The van der Waals surface area contributed by atoms with Crippen LogP contribution in [0.1, 0.15) is 11.1 Å². The third kappa shape index (κ3) is 2.82. The summed E-state index contributed by atoms with van der Waals surface area (Å²) < 4.78 is 34.7. The minimum Gasteiger partial charge on any atom is -0.229 e. The Morgan fingerprint density at radius 1 is 1.50 bits per heavy atom. The van der Waals surface area contributed by atoms with Crippen molar-refractivity contribution in [3.63, 3.8) is 0 Å². The van der Waals surface area contributed by atoms with Gasteiger partial charge in [-0.05, 0) is 23.8 Å². The van der Waals surface area contributed by atoms with Crippen LogP contribution in [0.2, 0.25) is 0 Å².